The second-order valence-corrected chi connectivity index (χ2v) is 7.16. The van der Waals surface area contributed by atoms with Gasteiger partial charge < -0.3 is 14.1 Å². The molecule has 0 amide bonds. The van der Waals surface area contributed by atoms with Crippen molar-refractivity contribution >= 4 is 24.0 Å². The maximum atomic E-state index is 12.8. The Balaban J connectivity index is 1.65. The lowest BCUT2D eigenvalue weighted by Gasteiger charge is -2.36. The zero-order valence-electron chi connectivity index (χ0n) is 17.1. The molecule has 5 rings (SSSR count). The molecule has 154 valence electrons. The summed E-state index contributed by atoms with van der Waals surface area (Å²) in [6.45, 7) is 3.89. The summed E-state index contributed by atoms with van der Waals surface area (Å²) >= 11 is 0. The topological polar surface area (TPSA) is 80.3 Å². The molecule has 2 aromatic carbocycles. The summed E-state index contributed by atoms with van der Waals surface area (Å²) in [5.74, 6) is 1.07. The van der Waals surface area contributed by atoms with Crippen molar-refractivity contribution in [3.8, 4) is 11.5 Å². The first-order valence-electron chi connectivity index (χ1n) is 10.1. The molecule has 0 radical (unpaired) electrons. The van der Waals surface area contributed by atoms with Gasteiger partial charge in [-0.2, -0.15) is 0 Å². The lowest BCUT2D eigenvalue weighted by atomic mass is 9.93. The van der Waals surface area contributed by atoms with Gasteiger partial charge in [-0.05, 0) is 31.5 Å². The van der Waals surface area contributed by atoms with E-state index in [1.54, 1.807) is 13.3 Å². The minimum Gasteiger partial charge on any atom is -0.463 e. The number of amidine groups is 1. The fourth-order valence-electron chi connectivity index (χ4n) is 3.83. The van der Waals surface area contributed by atoms with Gasteiger partial charge in [0.1, 0.15) is 6.34 Å². The highest BCUT2D eigenvalue weighted by Gasteiger charge is 2.40. The second kappa shape index (κ2) is 7.68. The molecule has 7 nitrogen and oxygen atoms in total. The number of carbonyl (C=O) groups excluding carboxylic acids is 1. The van der Waals surface area contributed by atoms with Gasteiger partial charge in [0, 0.05) is 5.56 Å². The third kappa shape index (κ3) is 3.24. The number of aromatic nitrogens is 1. The number of allylic oxidation sites excluding steroid dienone is 1. The molecule has 0 spiro atoms. The molecule has 0 saturated carbocycles. The standard InChI is InChI=1S/C24H20N4O3/c1-3-30-24(29)18-15(2)26-21-19-23(31-22(27-19)17-12-8-5-9-13-17)25-14-28(21)20(18)16-10-6-4-7-11-16/h4-14,20H,3H2,1-2H3. The first-order valence-corrected chi connectivity index (χ1v) is 10.1. The summed E-state index contributed by atoms with van der Waals surface area (Å²) < 4.78 is 11.2. The van der Waals surface area contributed by atoms with Gasteiger partial charge in [-0.3, -0.25) is 0 Å². The van der Waals surface area contributed by atoms with Crippen LogP contribution in [0.3, 0.4) is 0 Å². The highest BCUT2D eigenvalue weighted by molar-refractivity contribution is 6.11. The molecule has 1 aromatic heterocycles. The van der Waals surface area contributed by atoms with Crippen LogP contribution >= 0.6 is 0 Å². The van der Waals surface area contributed by atoms with E-state index in [0.717, 1.165) is 11.1 Å². The third-order valence-electron chi connectivity index (χ3n) is 5.21. The van der Waals surface area contributed by atoms with Crippen LogP contribution in [0.4, 0.5) is 5.88 Å². The molecule has 31 heavy (non-hydrogen) atoms. The third-order valence-corrected chi connectivity index (χ3v) is 5.21. The molecular weight excluding hydrogens is 392 g/mol. The molecule has 7 heteroatoms. The number of rotatable bonds is 4. The van der Waals surface area contributed by atoms with Crippen molar-refractivity contribution in [1.82, 2.24) is 9.88 Å². The van der Waals surface area contributed by atoms with Crippen LogP contribution in [0.15, 0.2) is 86.3 Å². The van der Waals surface area contributed by atoms with Gasteiger partial charge in [0.05, 0.1) is 23.9 Å². The van der Waals surface area contributed by atoms with Crippen LogP contribution in [0.5, 0.6) is 0 Å². The molecule has 2 aliphatic heterocycles. The van der Waals surface area contributed by atoms with E-state index in [4.69, 9.17) is 14.1 Å². The molecule has 0 bridgehead atoms. The van der Waals surface area contributed by atoms with Gasteiger partial charge in [-0.1, -0.05) is 48.5 Å². The van der Waals surface area contributed by atoms with E-state index in [0.29, 0.717) is 34.6 Å². The quantitative estimate of drug-likeness (QED) is 0.583. The van der Waals surface area contributed by atoms with Crippen molar-refractivity contribution in [1.29, 1.82) is 0 Å². The fourth-order valence-corrected chi connectivity index (χ4v) is 3.83. The normalized spacial score (nSPS) is 17.2. The summed E-state index contributed by atoms with van der Waals surface area (Å²) in [5.41, 5.74) is 3.40. The molecule has 0 saturated heterocycles. The van der Waals surface area contributed by atoms with E-state index in [-0.39, 0.29) is 12.6 Å². The second-order valence-electron chi connectivity index (χ2n) is 7.16. The highest BCUT2D eigenvalue weighted by atomic mass is 16.5. The van der Waals surface area contributed by atoms with Crippen molar-refractivity contribution in [3.05, 3.63) is 83.2 Å². The molecular formula is C24H20N4O3. The Hall–Kier alpha value is -4.00. The minimum atomic E-state index is -0.429. The zero-order valence-corrected chi connectivity index (χ0v) is 17.1. The monoisotopic (exact) mass is 412 g/mol. The molecule has 3 heterocycles. The maximum absolute atomic E-state index is 12.8. The largest absolute Gasteiger partial charge is 0.463 e. The van der Waals surface area contributed by atoms with Gasteiger partial charge in [0.25, 0.3) is 5.88 Å². The van der Waals surface area contributed by atoms with E-state index < -0.39 is 6.04 Å². The molecule has 1 unspecified atom stereocenters. The predicted octanol–water partition coefficient (Wildman–Crippen LogP) is 4.66. The van der Waals surface area contributed by atoms with Gasteiger partial charge in [0.2, 0.25) is 5.89 Å². The van der Waals surface area contributed by atoms with Crippen LogP contribution in [0, 0.1) is 0 Å². The maximum Gasteiger partial charge on any atom is 0.338 e. The lowest BCUT2D eigenvalue weighted by molar-refractivity contribution is -0.139. The lowest BCUT2D eigenvalue weighted by Crippen LogP contribution is -2.41. The first-order chi connectivity index (χ1) is 15.2. The molecule has 0 N–H and O–H groups in total. The summed E-state index contributed by atoms with van der Waals surface area (Å²) in [7, 11) is 0. The Bertz CT molecular complexity index is 1230. The smallest absolute Gasteiger partial charge is 0.338 e. The molecule has 1 atom stereocenters. The van der Waals surface area contributed by atoms with Crippen molar-refractivity contribution in [2.24, 2.45) is 9.98 Å². The Labute approximate surface area is 179 Å². The van der Waals surface area contributed by atoms with Crippen molar-refractivity contribution in [2.75, 3.05) is 6.61 Å². The van der Waals surface area contributed by atoms with Crippen molar-refractivity contribution in [2.45, 2.75) is 19.9 Å². The number of oxazole rings is 1. The van der Waals surface area contributed by atoms with E-state index in [9.17, 15) is 4.79 Å². The van der Waals surface area contributed by atoms with Crippen LogP contribution in [0.2, 0.25) is 0 Å². The number of nitrogens with zero attached hydrogens (tertiary/aromatic N) is 4. The number of fused-ring (bicyclic) bond motifs is 3. The summed E-state index contributed by atoms with van der Waals surface area (Å²) in [6.07, 6.45) is 1.64. The summed E-state index contributed by atoms with van der Waals surface area (Å²) in [4.78, 5) is 28.6. The number of esters is 1. The van der Waals surface area contributed by atoms with Gasteiger partial charge in [-0.25, -0.2) is 19.8 Å². The highest BCUT2D eigenvalue weighted by Crippen LogP contribution is 2.40. The average molecular weight is 412 g/mol. The van der Waals surface area contributed by atoms with Crippen LogP contribution < -0.4 is 0 Å². The van der Waals surface area contributed by atoms with Gasteiger partial charge in [-0.15, -0.1) is 0 Å². The van der Waals surface area contributed by atoms with Gasteiger partial charge >= 0.3 is 5.97 Å². The Morgan fingerprint density at radius 2 is 1.81 bits per heavy atom. The van der Waals surface area contributed by atoms with Gasteiger partial charge in [0.15, 0.2) is 11.5 Å². The van der Waals surface area contributed by atoms with Crippen LogP contribution in [0.25, 0.3) is 11.5 Å². The van der Waals surface area contributed by atoms with Crippen molar-refractivity contribution < 1.29 is 13.9 Å². The van der Waals surface area contributed by atoms with E-state index in [1.807, 2.05) is 72.5 Å². The van der Waals surface area contributed by atoms with Crippen LogP contribution in [-0.2, 0) is 9.53 Å². The van der Waals surface area contributed by atoms with E-state index in [1.165, 1.54) is 0 Å². The Morgan fingerprint density at radius 3 is 2.52 bits per heavy atom. The molecule has 3 aromatic rings. The number of carbonyl (C=O) groups is 1. The van der Waals surface area contributed by atoms with Crippen LogP contribution in [0.1, 0.15) is 31.1 Å². The van der Waals surface area contributed by atoms with Crippen LogP contribution in [-0.4, -0.2) is 34.6 Å². The SMILES string of the molecule is CCOC(=O)C1=C(C)N=C2c3nc(-c4ccccc4)oc3N=CN2C1c1ccccc1. The first kappa shape index (κ1) is 19.0. The predicted molar refractivity (Wildman–Crippen MR) is 117 cm³/mol. The summed E-state index contributed by atoms with van der Waals surface area (Å²) in [5, 5.41) is 0. The Kier molecular flexibility index (Phi) is 4.71. The average Bonchev–Trinajstić information content (AvgIpc) is 3.24. The minimum absolute atomic E-state index is 0.287. The number of benzene rings is 2. The van der Waals surface area contributed by atoms with Crippen molar-refractivity contribution in [3.63, 3.8) is 0 Å². The number of hydrogen-bond acceptors (Lipinski definition) is 7. The zero-order chi connectivity index (χ0) is 21.4. The Morgan fingerprint density at radius 1 is 1.10 bits per heavy atom. The number of hydrogen-bond donors (Lipinski definition) is 0. The molecule has 0 aliphatic carbocycles. The summed E-state index contributed by atoms with van der Waals surface area (Å²) in [6, 6.07) is 19.0. The fraction of sp³-hybridized carbons (Fsp3) is 0.167. The molecule has 0 fully saturated rings. The van der Waals surface area contributed by atoms with E-state index in [2.05, 4.69) is 9.98 Å². The number of ether oxygens (including phenoxy) is 1. The van der Waals surface area contributed by atoms with E-state index >= 15 is 0 Å². The molecule has 2 aliphatic rings. The number of aliphatic imine (C=N–C) groups is 2.